The summed E-state index contributed by atoms with van der Waals surface area (Å²) in [6.07, 6.45) is 0. The molecule has 5 nitrogen and oxygen atoms in total. The predicted octanol–water partition coefficient (Wildman–Crippen LogP) is 0.0779. The van der Waals surface area contributed by atoms with Gasteiger partial charge in [0.15, 0.2) is 0 Å². The first-order valence-electron chi connectivity index (χ1n) is 5.07. The van der Waals surface area contributed by atoms with Crippen molar-refractivity contribution in [1.29, 1.82) is 0 Å². The Balaban J connectivity index is 3.70. The molecular weight excluding hydrogens is 228 g/mol. The molecule has 0 aliphatic rings. The van der Waals surface area contributed by atoms with Crippen LogP contribution in [-0.2, 0) is 14.3 Å². The Hall–Kier alpha value is -0.720. The highest BCUT2D eigenvalue weighted by Gasteiger charge is 2.30. The van der Waals surface area contributed by atoms with E-state index in [1.807, 2.05) is 0 Å². The quantitative estimate of drug-likeness (QED) is 0.470. The number of nitrogens with one attached hydrogen (secondary N) is 1. The van der Waals surface area contributed by atoms with Gasteiger partial charge in [-0.3, -0.25) is 4.79 Å². The maximum atomic E-state index is 11.6. The van der Waals surface area contributed by atoms with Crippen LogP contribution in [0, 0.1) is 5.41 Å². The Morgan fingerprint density at radius 3 is 2.50 bits per heavy atom. The summed E-state index contributed by atoms with van der Waals surface area (Å²) in [6, 6.07) is 0. The van der Waals surface area contributed by atoms with E-state index in [4.69, 9.17) is 27.4 Å². The van der Waals surface area contributed by atoms with Gasteiger partial charge in [-0.05, 0) is 13.8 Å². The Labute approximate surface area is 102 Å². The molecule has 0 bridgehead atoms. The zero-order valence-electron chi connectivity index (χ0n) is 10.0. The molecule has 3 N–H and O–H groups in total. The van der Waals surface area contributed by atoms with Crippen LogP contribution in [0.4, 0.5) is 0 Å². The van der Waals surface area contributed by atoms with Crippen molar-refractivity contribution >= 4 is 23.1 Å². The second-order valence-corrected chi connectivity index (χ2v) is 4.29. The number of nitrogens with two attached hydrogens (primary N) is 1. The number of carbonyl (C=O) groups is 1. The van der Waals surface area contributed by atoms with Crippen molar-refractivity contribution in [3.63, 3.8) is 0 Å². The SMILES string of the molecule is COCCOCCNC(=O)C(C)(C)C(N)=S. The van der Waals surface area contributed by atoms with Crippen LogP contribution in [0.5, 0.6) is 0 Å². The van der Waals surface area contributed by atoms with Crippen LogP contribution in [0.15, 0.2) is 0 Å². The van der Waals surface area contributed by atoms with Gasteiger partial charge < -0.3 is 20.5 Å². The summed E-state index contributed by atoms with van der Waals surface area (Å²) in [5.41, 5.74) is 4.65. The van der Waals surface area contributed by atoms with Gasteiger partial charge in [0.25, 0.3) is 0 Å². The third-order valence-corrected chi connectivity index (χ3v) is 2.66. The van der Waals surface area contributed by atoms with Crippen molar-refractivity contribution < 1.29 is 14.3 Å². The minimum absolute atomic E-state index is 0.185. The molecule has 0 atom stereocenters. The van der Waals surface area contributed by atoms with Gasteiger partial charge in [-0.2, -0.15) is 0 Å². The van der Waals surface area contributed by atoms with Crippen LogP contribution in [-0.4, -0.2) is 44.4 Å². The molecule has 0 radical (unpaired) electrons. The molecule has 0 aromatic carbocycles. The van der Waals surface area contributed by atoms with Crippen LogP contribution in [0.25, 0.3) is 0 Å². The molecule has 16 heavy (non-hydrogen) atoms. The van der Waals surface area contributed by atoms with Crippen molar-refractivity contribution in [1.82, 2.24) is 5.32 Å². The van der Waals surface area contributed by atoms with E-state index in [0.29, 0.717) is 26.4 Å². The van der Waals surface area contributed by atoms with E-state index < -0.39 is 5.41 Å². The second kappa shape index (κ2) is 7.54. The molecule has 0 spiro atoms. The molecule has 0 rings (SSSR count). The van der Waals surface area contributed by atoms with Crippen LogP contribution < -0.4 is 11.1 Å². The Bertz CT molecular complexity index is 244. The minimum atomic E-state index is -0.818. The number of ether oxygens (including phenoxy) is 2. The number of rotatable bonds is 8. The van der Waals surface area contributed by atoms with Gasteiger partial charge in [0.1, 0.15) is 0 Å². The molecule has 94 valence electrons. The van der Waals surface area contributed by atoms with E-state index in [9.17, 15) is 4.79 Å². The molecule has 0 aliphatic carbocycles. The first-order valence-corrected chi connectivity index (χ1v) is 5.48. The summed E-state index contributed by atoms with van der Waals surface area (Å²) < 4.78 is 10.0. The van der Waals surface area contributed by atoms with E-state index in [1.165, 1.54) is 0 Å². The summed E-state index contributed by atoms with van der Waals surface area (Å²) in [5, 5.41) is 2.71. The fourth-order valence-corrected chi connectivity index (χ4v) is 0.907. The van der Waals surface area contributed by atoms with Gasteiger partial charge in [-0.15, -0.1) is 0 Å². The second-order valence-electron chi connectivity index (χ2n) is 3.85. The highest BCUT2D eigenvalue weighted by molar-refractivity contribution is 7.80. The zero-order chi connectivity index (χ0) is 12.6. The van der Waals surface area contributed by atoms with Crippen molar-refractivity contribution in [2.24, 2.45) is 11.1 Å². The van der Waals surface area contributed by atoms with E-state index in [2.05, 4.69) is 5.32 Å². The Kier molecular flexibility index (Phi) is 7.20. The topological polar surface area (TPSA) is 73.6 Å². The summed E-state index contributed by atoms with van der Waals surface area (Å²) in [4.78, 5) is 11.8. The molecule has 0 aliphatic heterocycles. The number of amides is 1. The molecule has 0 unspecified atom stereocenters. The summed E-state index contributed by atoms with van der Waals surface area (Å²) in [6.45, 7) is 5.33. The molecule has 6 heteroatoms. The predicted molar refractivity (Wildman–Crippen MR) is 66.3 cm³/mol. The largest absolute Gasteiger partial charge is 0.392 e. The standard InChI is InChI=1S/C10H20N2O3S/c1-10(2,8(11)16)9(13)12-4-5-15-7-6-14-3/h4-7H2,1-3H3,(H2,11,16)(H,12,13). The van der Waals surface area contributed by atoms with Gasteiger partial charge in [0, 0.05) is 13.7 Å². The molecular formula is C10H20N2O3S. The minimum Gasteiger partial charge on any atom is -0.392 e. The van der Waals surface area contributed by atoms with Crippen molar-refractivity contribution in [3.8, 4) is 0 Å². The lowest BCUT2D eigenvalue weighted by Gasteiger charge is -2.21. The summed E-state index contributed by atoms with van der Waals surface area (Å²) in [7, 11) is 1.61. The average molecular weight is 248 g/mol. The third kappa shape index (κ3) is 5.39. The fourth-order valence-electron chi connectivity index (χ4n) is 0.814. The van der Waals surface area contributed by atoms with Crippen LogP contribution in [0.2, 0.25) is 0 Å². The first kappa shape index (κ1) is 15.3. The summed E-state index contributed by atoms with van der Waals surface area (Å²) in [5.74, 6) is -0.185. The van der Waals surface area contributed by atoms with Gasteiger partial charge in [-0.25, -0.2) is 0 Å². The molecule has 0 fully saturated rings. The maximum absolute atomic E-state index is 11.6. The Morgan fingerprint density at radius 1 is 1.38 bits per heavy atom. The number of hydrogen-bond acceptors (Lipinski definition) is 4. The smallest absolute Gasteiger partial charge is 0.232 e. The molecule has 0 saturated heterocycles. The molecule has 1 amide bonds. The van der Waals surface area contributed by atoms with Crippen LogP contribution in [0.1, 0.15) is 13.8 Å². The highest BCUT2D eigenvalue weighted by Crippen LogP contribution is 2.14. The van der Waals surface area contributed by atoms with E-state index in [1.54, 1.807) is 21.0 Å². The zero-order valence-corrected chi connectivity index (χ0v) is 10.9. The van der Waals surface area contributed by atoms with E-state index >= 15 is 0 Å². The average Bonchev–Trinajstić information content (AvgIpc) is 2.22. The number of methoxy groups -OCH3 is 1. The first-order chi connectivity index (χ1) is 7.42. The Morgan fingerprint density at radius 2 is 2.00 bits per heavy atom. The normalized spacial score (nSPS) is 11.2. The lowest BCUT2D eigenvalue weighted by Crippen LogP contribution is -2.45. The van der Waals surface area contributed by atoms with Crippen molar-refractivity contribution in [3.05, 3.63) is 0 Å². The lowest BCUT2D eigenvalue weighted by atomic mass is 9.92. The van der Waals surface area contributed by atoms with E-state index in [0.717, 1.165) is 0 Å². The van der Waals surface area contributed by atoms with Crippen molar-refractivity contribution in [2.75, 3.05) is 33.5 Å². The maximum Gasteiger partial charge on any atom is 0.232 e. The summed E-state index contributed by atoms with van der Waals surface area (Å²) >= 11 is 4.81. The van der Waals surface area contributed by atoms with Crippen LogP contribution in [0.3, 0.4) is 0 Å². The van der Waals surface area contributed by atoms with Gasteiger partial charge >= 0.3 is 0 Å². The highest BCUT2D eigenvalue weighted by atomic mass is 32.1. The van der Waals surface area contributed by atoms with E-state index in [-0.39, 0.29) is 10.9 Å². The van der Waals surface area contributed by atoms with Gasteiger partial charge in [0.2, 0.25) is 5.91 Å². The fraction of sp³-hybridized carbons (Fsp3) is 0.800. The molecule has 0 heterocycles. The van der Waals surface area contributed by atoms with Gasteiger partial charge in [0.05, 0.1) is 30.2 Å². The molecule has 0 aromatic heterocycles. The molecule has 0 aromatic rings. The number of carbonyl (C=O) groups excluding carboxylic acids is 1. The number of thiocarbonyl (C=S) groups is 1. The third-order valence-electron chi connectivity index (χ3n) is 2.15. The van der Waals surface area contributed by atoms with Crippen LogP contribution >= 0.6 is 12.2 Å². The number of hydrogen-bond donors (Lipinski definition) is 2. The lowest BCUT2D eigenvalue weighted by molar-refractivity contribution is -0.126. The molecule has 0 saturated carbocycles. The monoisotopic (exact) mass is 248 g/mol. The van der Waals surface area contributed by atoms with Gasteiger partial charge in [-0.1, -0.05) is 12.2 Å². The van der Waals surface area contributed by atoms with Crippen molar-refractivity contribution in [2.45, 2.75) is 13.8 Å².